The first-order valence-electron chi connectivity index (χ1n) is 3.86. The zero-order valence-electron chi connectivity index (χ0n) is 7.14. The summed E-state index contributed by atoms with van der Waals surface area (Å²) in [7, 11) is 0. The van der Waals surface area contributed by atoms with Gasteiger partial charge >= 0.3 is 0 Å². The van der Waals surface area contributed by atoms with Crippen molar-refractivity contribution in [2.45, 2.75) is 0 Å². The minimum Gasteiger partial charge on any atom is -0.227 e. The van der Waals surface area contributed by atoms with E-state index in [0.29, 0.717) is 0 Å². The van der Waals surface area contributed by atoms with E-state index in [-0.39, 0.29) is 0 Å². The molecule has 68 valence electrons. The van der Waals surface area contributed by atoms with Crippen LogP contribution < -0.4 is 4.99 Å². The number of fused-ring (bicyclic) bond motifs is 1. The molecule has 0 amide bonds. The highest BCUT2D eigenvalue weighted by Gasteiger charge is 1.99. The Hall–Kier alpha value is -1.13. The lowest BCUT2D eigenvalue weighted by Crippen LogP contribution is -2.06. The maximum absolute atomic E-state index is 4.99. The lowest BCUT2D eigenvalue weighted by atomic mass is 10.3. The molecule has 0 aliphatic carbocycles. The number of rotatable bonds is 3. The number of hydrogen-bond donors (Lipinski definition) is 0. The predicted molar refractivity (Wildman–Crippen MR) is 53.1 cm³/mol. The molecular weight excluding hydrogens is 186 g/mol. The first kappa shape index (κ1) is 8.47. The Morgan fingerprint density at radius 3 is 2.92 bits per heavy atom. The van der Waals surface area contributed by atoms with E-state index in [2.05, 4.69) is 0 Å². The first-order valence-corrected chi connectivity index (χ1v) is 5.01. The van der Waals surface area contributed by atoms with E-state index in [1.807, 2.05) is 36.5 Å². The summed E-state index contributed by atoms with van der Waals surface area (Å²) in [5.41, 5.74) is 0.997. The van der Waals surface area contributed by atoms with Crippen LogP contribution in [0.4, 0.5) is 0 Å². The summed E-state index contributed by atoms with van der Waals surface area (Å²) < 4.78 is 6.35. The molecule has 0 spiro atoms. The van der Waals surface area contributed by atoms with Crippen LogP contribution in [0.3, 0.4) is 0 Å². The minimum atomic E-state index is 0.997. The summed E-state index contributed by atoms with van der Waals surface area (Å²) in [5, 5.41) is 1.13. The van der Waals surface area contributed by atoms with Gasteiger partial charge in [-0.25, -0.2) is 4.99 Å². The van der Waals surface area contributed by atoms with Crippen LogP contribution in [0.25, 0.3) is 10.9 Å². The summed E-state index contributed by atoms with van der Waals surface area (Å²) in [6.07, 6.45) is 3.62. The lowest BCUT2D eigenvalue weighted by Gasteiger charge is -2.02. The first-order chi connectivity index (χ1) is 6.42. The van der Waals surface area contributed by atoms with Gasteiger partial charge in [-0.15, -0.1) is 0 Å². The van der Waals surface area contributed by atoms with Crippen molar-refractivity contribution >= 4 is 22.9 Å². The Morgan fingerprint density at radius 1 is 1.23 bits per heavy atom. The standard InChI is InChI=1S/C9H9NO2S/c1-13-12-11-10-7-6-8-4-2-3-5-9(8)10/h2-7H,1H3. The Balaban J connectivity index is 2.35. The molecular formula is C9H9NO2S. The predicted octanol–water partition coefficient (Wildman–Crippen LogP) is 2.28. The number of hydrogen-bond acceptors (Lipinski definition) is 3. The van der Waals surface area contributed by atoms with Crippen molar-refractivity contribution in [1.82, 2.24) is 4.73 Å². The molecule has 0 radical (unpaired) electrons. The maximum atomic E-state index is 4.99. The van der Waals surface area contributed by atoms with E-state index in [1.54, 1.807) is 11.0 Å². The third-order valence-electron chi connectivity index (χ3n) is 1.74. The molecule has 3 nitrogen and oxygen atoms in total. The van der Waals surface area contributed by atoms with Gasteiger partial charge in [0.05, 0.1) is 5.52 Å². The Bertz CT molecular complexity index is 399. The van der Waals surface area contributed by atoms with Gasteiger partial charge in [0.1, 0.15) is 0 Å². The fraction of sp³-hybridized carbons (Fsp3) is 0.111. The summed E-state index contributed by atoms with van der Waals surface area (Å²) in [5.74, 6) is 0. The van der Waals surface area contributed by atoms with Crippen LogP contribution in [0.5, 0.6) is 0 Å². The van der Waals surface area contributed by atoms with Crippen molar-refractivity contribution in [3.63, 3.8) is 0 Å². The molecule has 2 rings (SSSR count). The molecule has 1 aromatic carbocycles. The fourth-order valence-electron chi connectivity index (χ4n) is 1.19. The molecule has 1 heterocycles. The molecule has 0 saturated heterocycles. The van der Waals surface area contributed by atoms with Crippen LogP contribution >= 0.6 is 12.0 Å². The molecule has 13 heavy (non-hydrogen) atoms. The molecule has 0 N–H and O–H groups in total. The largest absolute Gasteiger partial charge is 0.227 e. The van der Waals surface area contributed by atoms with Gasteiger partial charge < -0.3 is 0 Å². The quantitative estimate of drug-likeness (QED) is 0.426. The van der Waals surface area contributed by atoms with Crippen LogP contribution in [0.2, 0.25) is 0 Å². The Kier molecular flexibility index (Phi) is 2.42. The number of para-hydroxylation sites is 1. The van der Waals surface area contributed by atoms with Crippen molar-refractivity contribution in [2.75, 3.05) is 6.26 Å². The highest BCUT2D eigenvalue weighted by molar-refractivity contribution is 7.93. The fourth-order valence-corrected chi connectivity index (χ4v) is 1.31. The van der Waals surface area contributed by atoms with Crippen molar-refractivity contribution in [3.05, 3.63) is 36.5 Å². The van der Waals surface area contributed by atoms with Crippen molar-refractivity contribution in [1.29, 1.82) is 0 Å². The second kappa shape index (κ2) is 3.72. The van der Waals surface area contributed by atoms with Crippen molar-refractivity contribution in [3.8, 4) is 0 Å². The summed E-state index contributed by atoms with van der Waals surface area (Å²) >= 11 is 1.17. The average molecular weight is 195 g/mol. The topological polar surface area (TPSA) is 23.4 Å². The normalized spacial score (nSPS) is 10.5. The van der Waals surface area contributed by atoms with Gasteiger partial charge in [-0.05, 0) is 12.1 Å². The summed E-state index contributed by atoms with van der Waals surface area (Å²) in [6, 6.07) is 9.91. The molecule has 0 saturated carbocycles. The zero-order valence-corrected chi connectivity index (χ0v) is 7.95. The number of benzene rings is 1. The van der Waals surface area contributed by atoms with E-state index < -0.39 is 0 Å². The molecule has 4 heteroatoms. The molecule has 0 bridgehead atoms. The average Bonchev–Trinajstić information content (AvgIpc) is 2.58. The van der Waals surface area contributed by atoms with Crippen LogP contribution in [0, 0.1) is 0 Å². The summed E-state index contributed by atoms with van der Waals surface area (Å²) in [4.78, 5) is 4.99. The summed E-state index contributed by atoms with van der Waals surface area (Å²) in [6.45, 7) is 0. The van der Waals surface area contributed by atoms with Gasteiger partial charge in [0.2, 0.25) is 0 Å². The van der Waals surface area contributed by atoms with Crippen LogP contribution in [0.1, 0.15) is 0 Å². The zero-order chi connectivity index (χ0) is 9.10. The second-order valence-electron chi connectivity index (χ2n) is 2.51. The number of aromatic nitrogens is 1. The van der Waals surface area contributed by atoms with E-state index >= 15 is 0 Å². The van der Waals surface area contributed by atoms with Gasteiger partial charge in [0.25, 0.3) is 0 Å². The Morgan fingerprint density at radius 2 is 2.08 bits per heavy atom. The maximum Gasteiger partial charge on any atom is 0.0905 e. The van der Waals surface area contributed by atoms with Crippen LogP contribution in [-0.2, 0) is 4.33 Å². The van der Waals surface area contributed by atoms with Gasteiger partial charge in [-0.1, -0.05) is 22.5 Å². The molecule has 0 aliphatic rings. The lowest BCUT2D eigenvalue weighted by molar-refractivity contribution is -0.187. The van der Waals surface area contributed by atoms with Gasteiger partial charge in [0.15, 0.2) is 0 Å². The van der Waals surface area contributed by atoms with E-state index in [4.69, 9.17) is 9.32 Å². The SMILES string of the molecule is CSOOn1ccc2ccccc21. The van der Waals surface area contributed by atoms with E-state index in [1.165, 1.54) is 12.0 Å². The molecule has 0 unspecified atom stereocenters. The Labute approximate surface area is 80.3 Å². The van der Waals surface area contributed by atoms with E-state index in [0.717, 1.165) is 10.9 Å². The minimum absolute atomic E-state index is 0.997. The van der Waals surface area contributed by atoms with E-state index in [9.17, 15) is 0 Å². The second-order valence-corrected chi connectivity index (χ2v) is 2.98. The monoisotopic (exact) mass is 195 g/mol. The third kappa shape index (κ3) is 1.64. The molecule has 2 aromatic rings. The highest BCUT2D eigenvalue weighted by Crippen LogP contribution is 2.13. The molecule has 0 fully saturated rings. The molecule has 1 aromatic heterocycles. The van der Waals surface area contributed by atoms with Gasteiger partial charge in [0, 0.05) is 29.9 Å². The van der Waals surface area contributed by atoms with Crippen LogP contribution in [-0.4, -0.2) is 11.0 Å². The van der Waals surface area contributed by atoms with Crippen molar-refractivity contribution in [2.24, 2.45) is 0 Å². The number of nitrogens with zero attached hydrogens (tertiary/aromatic N) is 1. The third-order valence-corrected chi connectivity index (χ3v) is 1.94. The van der Waals surface area contributed by atoms with Crippen molar-refractivity contribution < 1.29 is 9.32 Å². The highest BCUT2D eigenvalue weighted by atomic mass is 32.2. The van der Waals surface area contributed by atoms with Gasteiger partial charge in [-0.3, -0.25) is 0 Å². The molecule has 0 aliphatic heterocycles. The smallest absolute Gasteiger partial charge is 0.0905 e. The van der Waals surface area contributed by atoms with Crippen LogP contribution in [0.15, 0.2) is 36.5 Å². The van der Waals surface area contributed by atoms with Gasteiger partial charge in [-0.2, -0.15) is 4.73 Å². The molecule has 0 atom stereocenters.